The van der Waals surface area contributed by atoms with Gasteiger partial charge in [-0.2, -0.15) is 0 Å². The minimum Gasteiger partial charge on any atom is -0.494 e. The van der Waals surface area contributed by atoms with E-state index in [1.165, 1.54) is 7.11 Å². The van der Waals surface area contributed by atoms with Crippen LogP contribution in [0.4, 0.5) is 0 Å². The second kappa shape index (κ2) is 13.8. The Morgan fingerprint density at radius 3 is 2.59 bits per heavy atom. The second-order valence-electron chi connectivity index (χ2n) is 10.6. The molecule has 2 aliphatic rings. The smallest absolute Gasteiger partial charge is 0.248 e. The fraction of sp³-hybridized carbons (Fsp3) is 0.533. The van der Waals surface area contributed by atoms with Gasteiger partial charge in [-0.1, -0.05) is 29.8 Å². The number of likely N-dealkylation sites (tertiary alicyclic amines) is 1. The number of methoxy groups -OCH3 is 1. The van der Waals surface area contributed by atoms with Crippen molar-refractivity contribution in [1.82, 2.24) is 14.7 Å². The minimum atomic E-state index is -1.26. The summed E-state index contributed by atoms with van der Waals surface area (Å²) in [5.74, 6) is 1.55. The van der Waals surface area contributed by atoms with Crippen molar-refractivity contribution < 1.29 is 28.9 Å². The van der Waals surface area contributed by atoms with Crippen molar-refractivity contribution in [3.63, 3.8) is 0 Å². The Bertz CT molecular complexity index is 1090. The number of amides is 2. The summed E-state index contributed by atoms with van der Waals surface area (Å²) in [5.41, 5.74) is 0.929. The SMILES string of the molecule is COCC(=O)N1CCN(Cc2cccc(OCCCN3CCCC3=O)c2)C[C@@](O)(COc2ccc(C)cc2)C1. The summed E-state index contributed by atoms with van der Waals surface area (Å²) < 4.78 is 17.0. The van der Waals surface area contributed by atoms with Gasteiger partial charge < -0.3 is 29.1 Å². The average molecular weight is 540 g/mol. The van der Waals surface area contributed by atoms with Gasteiger partial charge in [-0.3, -0.25) is 14.5 Å². The Hall–Kier alpha value is -3.14. The molecule has 0 unspecified atom stereocenters. The van der Waals surface area contributed by atoms with Crippen LogP contribution in [-0.4, -0.2) is 103 Å². The lowest BCUT2D eigenvalue weighted by Crippen LogP contribution is -2.52. The summed E-state index contributed by atoms with van der Waals surface area (Å²) in [5, 5.41) is 11.7. The molecule has 0 aromatic heterocycles. The Balaban J connectivity index is 1.37. The lowest BCUT2D eigenvalue weighted by molar-refractivity contribution is -0.138. The molecule has 39 heavy (non-hydrogen) atoms. The van der Waals surface area contributed by atoms with E-state index >= 15 is 0 Å². The van der Waals surface area contributed by atoms with Gasteiger partial charge in [0.15, 0.2) is 0 Å². The molecule has 2 aromatic rings. The molecule has 4 rings (SSSR count). The summed E-state index contributed by atoms with van der Waals surface area (Å²) in [6.07, 6.45) is 2.40. The molecule has 212 valence electrons. The normalized spacial score (nSPS) is 20.2. The summed E-state index contributed by atoms with van der Waals surface area (Å²) in [4.78, 5) is 30.2. The first-order chi connectivity index (χ1) is 18.8. The van der Waals surface area contributed by atoms with Gasteiger partial charge in [-0.25, -0.2) is 0 Å². The number of rotatable bonds is 12. The van der Waals surface area contributed by atoms with Crippen LogP contribution in [0.2, 0.25) is 0 Å². The van der Waals surface area contributed by atoms with Crippen LogP contribution >= 0.6 is 0 Å². The van der Waals surface area contributed by atoms with Gasteiger partial charge in [0.25, 0.3) is 0 Å². The van der Waals surface area contributed by atoms with Gasteiger partial charge in [-0.05, 0) is 49.6 Å². The molecule has 9 heteroatoms. The number of carbonyl (C=O) groups is 2. The molecule has 2 fully saturated rings. The number of aliphatic hydroxyl groups is 1. The number of benzene rings is 2. The van der Waals surface area contributed by atoms with Crippen LogP contribution in [-0.2, 0) is 20.9 Å². The molecule has 2 heterocycles. The van der Waals surface area contributed by atoms with Crippen molar-refractivity contribution in [2.75, 3.05) is 66.2 Å². The van der Waals surface area contributed by atoms with Gasteiger partial charge in [0, 0.05) is 52.8 Å². The Kier molecular flexibility index (Phi) is 10.2. The largest absolute Gasteiger partial charge is 0.494 e. The lowest BCUT2D eigenvalue weighted by Gasteiger charge is -2.33. The molecule has 2 amide bonds. The molecule has 1 atom stereocenters. The number of carbonyl (C=O) groups excluding carboxylic acids is 2. The highest BCUT2D eigenvalue weighted by molar-refractivity contribution is 5.78. The molecule has 0 aliphatic carbocycles. The summed E-state index contributed by atoms with van der Waals surface area (Å²) in [6.45, 7) is 6.38. The first kappa shape index (κ1) is 28.9. The second-order valence-corrected chi connectivity index (χ2v) is 10.6. The van der Waals surface area contributed by atoms with Crippen molar-refractivity contribution in [2.24, 2.45) is 0 Å². The maximum Gasteiger partial charge on any atom is 0.248 e. The van der Waals surface area contributed by atoms with Gasteiger partial charge >= 0.3 is 0 Å². The molecule has 0 bridgehead atoms. The Labute approximate surface area is 231 Å². The van der Waals surface area contributed by atoms with Gasteiger partial charge in [-0.15, -0.1) is 0 Å². The van der Waals surface area contributed by atoms with E-state index in [1.807, 2.05) is 60.4 Å². The van der Waals surface area contributed by atoms with Crippen molar-refractivity contribution in [3.05, 3.63) is 59.7 Å². The van der Waals surface area contributed by atoms with Crippen LogP contribution in [0.3, 0.4) is 0 Å². The molecule has 2 aromatic carbocycles. The molecule has 0 radical (unpaired) electrons. The third-order valence-electron chi connectivity index (χ3n) is 7.16. The maximum absolute atomic E-state index is 12.7. The third-order valence-corrected chi connectivity index (χ3v) is 7.16. The zero-order chi connectivity index (χ0) is 27.7. The third kappa shape index (κ3) is 8.68. The molecular formula is C30H41N3O6. The molecule has 2 aliphatic heterocycles. The van der Waals surface area contributed by atoms with Crippen molar-refractivity contribution in [2.45, 2.75) is 38.3 Å². The highest BCUT2D eigenvalue weighted by atomic mass is 16.5. The molecule has 9 nitrogen and oxygen atoms in total. The number of nitrogens with zero attached hydrogens (tertiary/aromatic N) is 3. The lowest BCUT2D eigenvalue weighted by atomic mass is 10.0. The monoisotopic (exact) mass is 539 g/mol. The van der Waals surface area contributed by atoms with Crippen LogP contribution in [0.15, 0.2) is 48.5 Å². The predicted molar refractivity (Wildman–Crippen MR) is 148 cm³/mol. The molecule has 0 saturated carbocycles. The van der Waals surface area contributed by atoms with Crippen LogP contribution in [0.25, 0.3) is 0 Å². The highest BCUT2D eigenvalue weighted by Gasteiger charge is 2.37. The van der Waals surface area contributed by atoms with Crippen molar-refractivity contribution in [1.29, 1.82) is 0 Å². The van der Waals surface area contributed by atoms with E-state index in [1.54, 1.807) is 4.90 Å². The predicted octanol–water partition coefficient (Wildman–Crippen LogP) is 2.49. The number of hydrogen-bond donors (Lipinski definition) is 1. The van der Waals surface area contributed by atoms with Gasteiger partial charge in [0.2, 0.25) is 11.8 Å². The Morgan fingerprint density at radius 1 is 1.03 bits per heavy atom. The van der Waals surface area contributed by atoms with Crippen LogP contribution in [0.1, 0.15) is 30.4 Å². The van der Waals surface area contributed by atoms with E-state index in [0.717, 1.165) is 42.8 Å². The van der Waals surface area contributed by atoms with E-state index < -0.39 is 5.60 Å². The standard InChI is InChI=1S/C30H41N3O6/c1-24-9-11-26(12-10-24)39-23-30(36)21-31(15-16-33(22-30)29(35)20-37-2)19-25-6-3-7-27(18-25)38-17-5-14-32-13-4-8-28(32)34/h3,6-7,9-12,18,36H,4-5,8,13-17,19-23H2,1-2H3/t30-/m0/s1. The number of aryl methyl sites for hydroxylation is 1. The zero-order valence-electron chi connectivity index (χ0n) is 23.1. The van der Waals surface area contributed by atoms with Crippen LogP contribution < -0.4 is 9.47 Å². The van der Waals surface area contributed by atoms with E-state index in [4.69, 9.17) is 14.2 Å². The first-order valence-corrected chi connectivity index (χ1v) is 13.7. The maximum atomic E-state index is 12.7. The Morgan fingerprint density at radius 2 is 1.85 bits per heavy atom. The highest BCUT2D eigenvalue weighted by Crippen LogP contribution is 2.22. The van der Waals surface area contributed by atoms with Crippen LogP contribution in [0.5, 0.6) is 11.5 Å². The van der Waals surface area contributed by atoms with E-state index in [0.29, 0.717) is 45.0 Å². The zero-order valence-corrected chi connectivity index (χ0v) is 23.1. The topological polar surface area (TPSA) is 91.8 Å². The number of β-amino-alcohol motifs (C(OH)–C–C–N with tert-alkyl or cyclic N) is 1. The fourth-order valence-corrected chi connectivity index (χ4v) is 5.13. The minimum absolute atomic E-state index is 0.0276. The van der Waals surface area contributed by atoms with E-state index in [9.17, 15) is 14.7 Å². The van der Waals surface area contributed by atoms with E-state index in [2.05, 4.69) is 4.90 Å². The first-order valence-electron chi connectivity index (χ1n) is 13.7. The number of ether oxygens (including phenoxy) is 3. The average Bonchev–Trinajstić information content (AvgIpc) is 3.25. The summed E-state index contributed by atoms with van der Waals surface area (Å²) in [7, 11) is 1.50. The molecule has 1 N–H and O–H groups in total. The van der Waals surface area contributed by atoms with Gasteiger partial charge in [0.1, 0.15) is 30.3 Å². The quantitative estimate of drug-likeness (QED) is 0.415. The molecule has 0 spiro atoms. The fourth-order valence-electron chi connectivity index (χ4n) is 5.13. The molecular weight excluding hydrogens is 498 g/mol. The summed E-state index contributed by atoms with van der Waals surface area (Å²) in [6, 6.07) is 15.7. The van der Waals surface area contributed by atoms with Crippen molar-refractivity contribution >= 4 is 11.8 Å². The van der Waals surface area contributed by atoms with E-state index in [-0.39, 0.29) is 31.6 Å². The van der Waals surface area contributed by atoms with Crippen molar-refractivity contribution in [3.8, 4) is 11.5 Å². The van der Waals surface area contributed by atoms with Crippen LogP contribution in [0, 0.1) is 6.92 Å². The van der Waals surface area contributed by atoms with Gasteiger partial charge in [0.05, 0.1) is 13.2 Å². The number of hydrogen-bond acceptors (Lipinski definition) is 7. The molecule has 2 saturated heterocycles. The summed E-state index contributed by atoms with van der Waals surface area (Å²) >= 11 is 0.